The maximum atomic E-state index is 12.7. The molecule has 0 bridgehead atoms. The standard InChI is InChI=1S/C19H25N3O3/c1-4-22-13(3)16(12(2)21-22)9-18(24)20-19-14(10-23)11-25-17-8-6-5-7-15(17)19/h5-8,14,19,23H,4,9-11H2,1-3H3,(H,20,24)/t14-,19-/m1/s1. The van der Waals surface area contributed by atoms with Gasteiger partial charge in [0.15, 0.2) is 0 Å². The highest BCUT2D eigenvalue weighted by Gasteiger charge is 2.31. The van der Waals surface area contributed by atoms with Gasteiger partial charge in [0.25, 0.3) is 0 Å². The van der Waals surface area contributed by atoms with Crippen LogP contribution in [0, 0.1) is 19.8 Å². The number of nitrogens with zero attached hydrogens (tertiary/aromatic N) is 2. The van der Waals surface area contributed by atoms with E-state index in [1.54, 1.807) is 0 Å². The molecule has 2 heterocycles. The highest BCUT2D eigenvalue weighted by molar-refractivity contribution is 5.79. The van der Waals surface area contributed by atoms with Crippen molar-refractivity contribution in [1.82, 2.24) is 15.1 Å². The van der Waals surface area contributed by atoms with Gasteiger partial charge in [-0.05, 0) is 26.8 Å². The molecule has 2 aromatic rings. The molecule has 0 radical (unpaired) electrons. The van der Waals surface area contributed by atoms with E-state index in [2.05, 4.69) is 10.4 Å². The van der Waals surface area contributed by atoms with Gasteiger partial charge >= 0.3 is 0 Å². The summed E-state index contributed by atoms with van der Waals surface area (Å²) >= 11 is 0. The van der Waals surface area contributed by atoms with Gasteiger partial charge in [0.2, 0.25) is 5.91 Å². The van der Waals surface area contributed by atoms with Crippen molar-refractivity contribution < 1.29 is 14.6 Å². The fraction of sp³-hybridized carbons (Fsp3) is 0.474. The normalized spacial score (nSPS) is 19.2. The van der Waals surface area contributed by atoms with E-state index < -0.39 is 0 Å². The Hall–Kier alpha value is -2.34. The smallest absolute Gasteiger partial charge is 0.225 e. The van der Waals surface area contributed by atoms with Crippen molar-refractivity contribution >= 4 is 5.91 Å². The molecule has 1 aromatic heterocycles. The Labute approximate surface area is 147 Å². The Morgan fingerprint density at radius 3 is 2.84 bits per heavy atom. The van der Waals surface area contributed by atoms with E-state index in [4.69, 9.17) is 4.74 Å². The first-order valence-electron chi connectivity index (χ1n) is 8.70. The van der Waals surface area contributed by atoms with Crippen LogP contribution in [0.5, 0.6) is 5.75 Å². The molecule has 0 aliphatic carbocycles. The number of aromatic nitrogens is 2. The number of benzene rings is 1. The highest BCUT2D eigenvalue weighted by Crippen LogP contribution is 2.35. The molecule has 0 fully saturated rings. The van der Waals surface area contributed by atoms with Gasteiger partial charge in [-0.2, -0.15) is 5.10 Å². The van der Waals surface area contributed by atoms with Gasteiger partial charge in [-0.15, -0.1) is 0 Å². The number of para-hydroxylation sites is 1. The third-order valence-corrected chi connectivity index (χ3v) is 4.90. The van der Waals surface area contributed by atoms with E-state index in [1.165, 1.54) is 0 Å². The number of hydrogen-bond donors (Lipinski definition) is 2. The Morgan fingerprint density at radius 2 is 2.16 bits per heavy atom. The first kappa shape index (κ1) is 17.5. The Bertz CT molecular complexity index is 769. The molecule has 3 rings (SSSR count). The zero-order valence-corrected chi connectivity index (χ0v) is 15.0. The number of aliphatic hydroxyl groups excluding tert-OH is 1. The quantitative estimate of drug-likeness (QED) is 0.870. The van der Waals surface area contributed by atoms with Crippen LogP contribution in [0.3, 0.4) is 0 Å². The van der Waals surface area contributed by atoms with Crippen LogP contribution in [0.2, 0.25) is 0 Å². The number of ether oxygens (including phenoxy) is 1. The number of aliphatic hydroxyl groups is 1. The molecule has 2 atom stereocenters. The summed E-state index contributed by atoms with van der Waals surface area (Å²) in [6, 6.07) is 7.41. The summed E-state index contributed by atoms with van der Waals surface area (Å²) in [5, 5.41) is 17.2. The summed E-state index contributed by atoms with van der Waals surface area (Å²) in [7, 11) is 0. The molecular formula is C19H25N3O3. The summed E-state index contributed by atoms with van der Waals surface area (Å²) in [5.41, 5.74) is 3.81. The van der Waals surface area contributed by atoms with Crippen LogP contribution in [-0.2, 0) is 17.8 Å². The fourth-order valence-electron chi connectivity index (χ4n) is 3.45. The maximum Gasteiger partial charge on any atom is 0.225 e. The van der Waals surface area contributed by atoms with Gasteiger partial charge in [0.1, 0.15) is 5.75 Å². The molecule has 1 amide bonds. The van der Waals surface area contributed by atoms with Gasteiger partial charge in [0, 0.05) is 29.3 Å². The zero-order valence-electron chi connectivity index (χ0n) is 15.0. The lowest BCUT2D eigenvalue weighted by molar-refractivity contribution is -0.122. The third kappa shape index (κ3) is 3.39. The minimum atomic E-state index is -0.246. The minimum absolute atomic E-state index is 0.0366. The van der Waals surface area contributed by atoms with E-state index in [1.807, 2.05) is 49.7 Å². The van der Waals surface area contributed by atoms with E-state index >= 15 is 0 Å². The van der Waals surface area contributed by atoms with Gasteiger partial charge in [0.05, 0.1) is 31.4 Å². The lowest BCUT2D eigenvalue weighted by Gasteiger charge is -2.33. The molecule has 6 nitrogen and oxygen atoms in total. The summed E-state index contributed by atoms with van der Waals surface area (Å²) in [6.45, 7) is 7.10. The summed E-state index contributed by atoms with van der Waals surface area (Å²) in [4.78, 5) is 12.7. The van der Waals surface area contributed by atoms with E-state index in [0.717, 1.165) is 34.8 Å². The molecule has 0 unspecified atom stereocenters. The van der Waals surface area contributed by atoms with Crippen molar-refractivity contribution in [3.05, 3.63) is 46.8 Å². The zero-order chi connectivity index (χ0) is 18.0. The first-order valence-corrected chi connectivity index (χ1v) is 8.70. The number of carbonyl (C=O) groups excluding carboxylic acids is 1. The van der Waals surface area contributed by atoms with Crippen molar-refractivity contribution in [1.29, 1.82) is 0 Å². The Balaban J connectivity index is 1.79. The number of fused-ring (bicyclic) bond motifs is 1. The summed E-state index contributed by atoms with van der Waals surface area (Å²) < 4.78 is 7.60. The predicted octanol–water partition coefficient (Wildman–Crippen LogP) is 1.92. The van der Waals surface area contributed by atoms with Crippen molar-refractivity contribution in [3.63, 3.8) is 0 Å². The fourth-order valence-corrected chi connectivity index (χ4v) is 3.45. The van der Waals surface area contributed by atoms with Crippen LogP contribution in [0.4, 0.5) is 0 Å². The SMILES string of the molecule is CCn1nc(C)c(CC(=O)N[C@H]2c3ccccc3OC[C@H]2CO)c1C. The molecule has 2 N–H and O–H groups in total. The van der Waals surface area contributed by atoms with Crippen LogP contribution in [0.15, 0.2) is 24.3 Å². The van der Waals surface area contributed by atoms with Crippen LogP contribution < -0.4 is 10.1 Å². The number of nitrogens with one attached hydrogen (secondary N) is 1. The van der Waals surface area contributed by atoms with Crippen molar-refractivity contribution in [2.75, 3.05) is 13.2 Å². The van der Waals surface area contributed by atoms with Crippen molar-refractivity contribution in [3.8, 4) is 5.75 Å². The van der Waals surface area contributed by atoms with Crippen molar-refractivity contribution in [2.45, 2.75) is 39.8 Å². The molecule has 1 aliphatic rings. The highest BCUT2D eigenvalue weighted by atomic mass is 16.5. The second kappa shape index (κ2) is 7.27. The third-order valence-electron chi connectivity index (χ3n) is 4.90. The summed E-state index contributed by atoms with van der Waals surface area (Å²) in [5.74, 6) is 0.546. The van der Waals surface area contributed by atoms with E-state index in [-0.39, 0.29) is 30.9 Å². The number of carbonyl (C=O) groups is 1. The second-order valence-corrected chi connectivity index (χ2v) is 6.48. The van der Waals surface area contributed by atoms with E-state index in [0.29, 0.717) is 6.61 Å². The number of aryl methyl sites for hydroxylation is 2. The van der Waals surface area contributed by atoms with Gasteiger partial charge < -0.3 is 15.2 Å². The summed E-state index contributed by atoms with van der Waals surface area (Å²) in [6.07, 6.45) is 0.287. The number of amides is 1. The van der Waals surface area contributed by atoms with E-state index in [9.17, 15) is 9.90 Å². The average Bonchev–Trinajstić information content (AvgIpc) is 2.89. The number of rotatable bonds is 5. The monoisotopic (exact) mass is 343 g/mol. The van der Waals surface area contributed by atoms with Gasteiger partial charge in [-0.3, -0.25) is 9.48 Å². The largest absolute Gasteiger partial charge is 0.493 e. The minimum Gasteiger partial charge on any atom is -0.493 e. The van der Waals surface area contributed by atoms with Crippen LogP contribution in [-0.4, -0.2) is 34.0 Å². The number of hydrogen-bond acceptors (Lipinski definition) is 4. The lowest BCUT2D eigenvalue weighted by atomic mass is 9.91. The maximum absolute atomic E-state index is 12.7. The molecular weight excluding hydrogens is 318 g/mol. The molecule has 0 saturated heterocycles. The lowest BCUT2D eigenvalue weighted by Crippen LogP contribution is -2.40. The molecule has 1 aromatic carbocycles. The van der Waals surface area contributed by atoms with Gasteiger partial charge in [-0.1, -0.05) is 18.2 Å². The van der Waals surface area contributed by atoms with Gasteiger partial charge in [-0.25, -0.2) is 0 Å². The van der Waals surface area contributed by atoms with Crippen LogP contribution >= 0.6 is 0 Å². The molecule has 0 saturated carbocycles. The first-order chi connectivity index (χ1) is 12.0. The van der Waals surface area contributed by atoms with Crippen LogP contribution in [0.1, 0.15) is 35.5 Å². The average molecular weight is 343 g/mol. The van der Waals surface area contributed by atoms with Crippen molar-refractivity contribution in [2.24, 2.45) is 5.92 Å². The molecule has 0 spiro atoms. The molecule has 134 valence electrons. The topological polar surface area (TPSA) is 76.4 Å². The Morgan fingerprint density at radius 1 is 1.40 bits per heavy atom. The molecule has 25 heavy (non-hydrogen) atoms. The predicted molar refractivity (Wildman–Crippen MR) is 94.5 cm³/mol. The molecule has 1 aliphatic heterocycles. The second-order valence-electron chi connectivity index (χ2n) is 6.48. The molecule has 6 heteroatoms. The van der Waals surface area contributed by atoms with Crippen LogP contribution in [0.25, 0.3) is 0 Å². The Kier molecular flexibility index (Phi) is 5.08.